The third-order valence-corrected chi connectivity index (χ3v) is 5.04. The van der Waals surface area contributed by atoms with Crippen LogP contribution in [0.2, 0.25) is 0 Å². The predicted octanol–water partition coefficient (Wildman–Crippen LogP) is 1.82. The number of nitrogens with zero attached hydrogens (tertiary/aromatic N) is 1. The van der Waals surface area contributed by atoms with Gasteiger partial charge in [0.1, 0.15) is 4.75 Å². The quantitative estimate of drug-likeness (QED) is 0.261. The Morgan fingerprint density at radius 1 is 1.50 bits per heavy atom. The van der Waals surface area contributed by atoms with Crippen molar-refractivity contribution in [3.63, 3.8) is 0 Å². The van der Waals surface area contributed by atoms with Gasteiger partial charge in [-0.05, 0) is 50.8 Å². The first-order chi connectivity index (χ1) is 9.32. The number of nitrogens with two attached hydrogens (primary N) is 1. The maximum absolute atomic E-state index is 12.2. The fourth-order valence-electron chi connectivity index (χ4n) is 2.26. The molecule has 2 rings (SSSR count). The molecule has 0 spiro atoms. The van der Waals surface area contributed by atoms with Crippen molar-refractivity contribution in [2.45, 2.75) is 44.4 Å². The summed E-state index contributed by atoms with van der Waals surface area (Å²) >= 11 is -1.09. The Hall–Kier alpha value is -1.24. The summed E-state index contributed by atoms with van der Waals surface area (Å²) in [6.45, 7) is 5.86. The number of amidine groups is 1. The number of nitrogens with one attached hydrogen (secondary N) is 1. The molecule has 0 aromatic heterocycles. The number of oxime groups is 1. The van der Waals surface area contributed by atoms with Crippen molar-refractivity contribution in [1.82, 2.24) is 4.72 Å². The standard InChI is InChI=1S/C14H21N3O2S/c1-14(2,3)20(19)17-12-7-5-9-8-10(13(15)16-18)4-6-11(9)12/h4,6,8,12,17-18H,5,7H2,1-3H3,(H2,15,16)/t12-,20?/m1/s1. The molecule has 5 nitrogen and oxygen atoms in total. The number of hydrogen-bond donors (Lipinski definition) is 3. The van der Waals surface area contributed by atoms with Crippen molar-refractivity contribution < 1.29 is 9.76 Å². The first-order valence-electron chi connectivity index (χ1n) is 6.61. The summed E-state index contributed by atoms with van der Waals surface area (Å²) in [6, 6.07) is 5.83. The molecule has 0 saturated heterocycles. The lowest BCUT2D eigenvalue weighted by molar-refractivity contribution is 0.318. The van der Waals surface area contributed by atoms with Gasteiger partial charge in [-0.3, -0.25) is 0 Å². The van der Waals surface area contributed by atoms with Gasteiger partial charge in [-0.15, -0.1) is 4.72 Å². The van der Waals surface area contributed by atoms with E-state index in [1.54, 1.807) is 0 Å². The fourth-order valence-corrected chi connectivity index (χ4v) is 3.12. The lowest BCUT2D eigenvalue weighted by Gasteiger charge is -2.26. The highest BCUT2D eigenvalue weighted by molar-refractivity contribution is 7.90. The van der Waals surface area contributed by atoms with Crippen molar-refractivity contribution >= 4 is 17.2 Å². The van der Waals surface area contributed by atoms with Crippen molar-refractivity contribution in [3.8, 4) is 0 Å². The molecule has 110 valence electrons. The molecule has 0 amide bonds. The van der Waals surface area contributed by atoms with Gasteiger partial charge in [-0.2, -0.15) is 0 Å². The van der Waals surface area contributed by atoms with Crippen molar-refractivity contribution in [1.29, 1.82) is 0 Å². The molecule has 0 fully saturated rings. The van der Waals surface area contributed by atoms with E-state index in [0.717, 1.165) is 24.0 Å². The van der Waals surface area contributed by atoms with E-state index in [1.165, 1.54) is 0 Å². The van der Waals surface area contributed by atoms with Crippen molar-refractivity contribution in [3.05, 3.63) is 34.9 Å². The Labute approximate surface area is 122 Å². The number of fused-ring (bicyclic) bond motifs is 1. The lowest BCUT2D eigenvalue weighted by atomic mass is 10.0. The Morgan fingerprint density at radius 3 is 2.80 bits per heavy atom. The van der Waals surface area contributed by atoms with Gasteiger partial charge < -0.3 is 15.5 Å². The molecule has 1 unspecified atom stereocenters. The zero-order valence-electron chi connectivity index (χ0n) is 12.0. The summed E-state index contributed by atoms with van der Waals surface area (Å²) in [6.07, 6.45) is 1.82. The summed E-state index contributed by atoms with van der Waals surface area (Å²) in [7, 11) is 0. The van der Waals surface area contributed by atoms with Crippen LogP contribution < -0.4 is 10.5 Å². The van der Waals surface area contributed by atoms with Crippen LogP contribution >= 0.6 is 0 Å². The van der Waals surface area contributed by atoms with Gasteiger partial charge >= 0.3 is 0 Å². The van der Waals surface area contributed by atoms with Crippen LogP contribution in [0.4, 0.5) is 0 Å². The zero-order chi connectivity index (χ0) is 14.9. The van der Waals surface area contributed by atoms with Crippen molar-refractivity contribution in [2.75, 3.05) is 0 Å². The number of rotatable bonds is 3. The molecule has 0 heterocycles. The maximum Gasteiger partial charge on any atom is 0.170 e. The van der Waals surface area contributed by atoms with E-state index in [0.29, 0.717) is 5.56 Å². The molecule has 20 heavy (non-hydrogen) atoms. The molecule has 0 aliphatic heterocycles. The Kier molecular flexibility index (Phi) is 4.27. The highest BCUT2D eigenvalue weighted by Crippen LogP contribution is 2.33. The SMILES string of the molecule is CC(C)(C)[S+]([O-])N[C@@H]1CCc2cc(C(N)=NO)ccc21. The van der Waals surface area contributed by atoms with E-state index < -0.39 is 11.4 Å². The fraction of sp³-hybridized carbons (Fsp3) is 0.500. The van der Waals surface area contributed by atoms with Crippen LogP contribution in [0.1, 0.15) is 49.9 Å². The topological polar surface area (TPSA) is 93.7 Å². The van der Waals surface area contributed by atoms with E-state index in [2.05, 4.69) is 9.88 Å². The van der Waals surface area contributed by atoms with E-state index in [-0.39, 0.29) is 16.6 Å². The smallest absolute Gasteiger partial charge is 0.170 e. The van der Waals surface area contributed by atoms with Gasteiger partial charge in [-0.25, -0.2) is 0 Å². The third kappa shape index (κ3) is 3.08. The van der Waals surface area contributed by atoms with Crippen LogP contribution in [-0.2, 0) is 17.8 Å². The van der Waals surface area contributed by atoms with Gasteiger partial charge in [0.2, 0.25) is 0 Å². The molecule has 6 heteroatoms. The highest BCUT2D eigenvalue weighted by atomic mass is 32.2. The largest absolute Gasteiger partial charge is 0.598 e. The summed E-state index contributed by atoms with van der Waals surface area (Å²) in [5, 5.41) is 11.7. The number of hydrogen-bond acceptors (Lipinski definition) is 4. The summed E-state index contributed by atoms with van der Waals surface area (Å²) in [5.74, 6) is 0.113. The Morgan fingerprint density at radius 2 is 2.20 bits per heavy atom. The Bertz CT molecular complexity index is 526. The average Bonchev–Trinajstić information content (AvgIpc) is 2.79. The van der Waals surface area contributed by atoms with E-state index in [4.69, 9.17) is 10.9 Å². The monoisotopic (exact) mass is 295 g/mol. The second-order valence-corrected chi connectivity index (χ2v) is 7.99. The first kappa shape index (κ1) is 15.2. The van der Waals surface area contributed by atoms with E-state index in [1.807, 2.05) is 39.0 Å². The highest BCUT2D eigenvalue weighted by Gasteiger charge is 2.32. The minimum Gasteiger partial charge on any atom is -0.598 e. The van der Waals surface area contributed by atoms with Crippen LogP contribution in [0, 0.1) is 0 Å². The van der Waals surface area contributed by atoms with Crippen LogP contribution in [0.3, 0.4) is 0 Å². The summed E-state index contributed by atoms with van der Waals surface area (Å²) in [4.78, 5) is 0. The van der Waals surface area contributed by atoms with E-state index in [9.17, 15) is 4.55 Å². The minimum absolute atomic E-state index is 0.103. The molecule has 4 N–H and O–H groups in total. The zero-order valence-corrected chi connectivity index (χ0v) is 12.8. The molecule has 0 bridgehead atoms. The molecule has 1 aromatic carbocycles. The predicted molar refractivity (Wildman–Crippen MR) is 81.0 cm³/mol. The maximum atomic E-state index is 12.2. The molecule has 2 atom stereocenters. The molecule has 1 aliphatic rings. The van der Waals surface area contributed by atoms with Crippen LogP contribution in [0.15, 0.2) is 23.4 Å². The molecule has 0 radical (unpaired) electrons. The molecular weight excluding hydrogens is 274 g/mol. The second kappa shape index (κ2) is 5.63. The second-order valence-electron chi connectivity index (χ2n) is 5.99. The lowest BCUT2D eigenvalue weighted by Crippen LogP contribution is -2.40. The molecule has 1 aromatic rings. The van der Waals surface area contributed by atoms with Crippen LogP contribution in [0.25, 0.3) is 0 Å². The van der Waals surface area contributed by atoms with Crippen molar-refractivity contribution in [2.24, 2.45) is 10.9 Å². The van der Waals surface area contributed by atoms with Gasteiger partial charge in [0, 0.05) is 16.9 Å². The molecule has 0 saturated carbocycles. The summed E-state index contributed by atoms with van der Waals surface area (Å²) < 4.78 is 15.1. The van der Waals surface area contributed by atoms with E-state index >= 15 is 0 Å². The number of benzene rings is 1. The first-order valence-corrected chi connectivity index (χ1v) is 7.76. The normalized spacial score (nSPS) is 20.8. The third-order valence-electron chi connectivity index (χ3n) is 3.43. The van der Waals surface area contributed by atoms with Gasteiger partial charge in [-0.1, -0.05) is 17.3 Å². The minimum atomic E-state index is -1.09. The molecular formula is C14H21N3O2S. The van der Waals surface area contributed by atoms with Crippen LogP contribution in [-0.4, -0.2) is 20.3 Å². The van der Waals surface area contributed by atoms with Gasteiger partial charge in [0.05, 0.1) is 6.04 Å². The molecule has 1 aliphatic carbocycles. The number of aryl methyl sites for hydroxylation is 1. The van der Waals surface area contributed by atoms with Gasteiger partial charge in [0.25, 0.3) is 0 Å². The average molecular weight is 295 g/mol. The van der Waals surface area contributed by atoms with Crippen LogP contribution in [0.5, 0.6) is 0 Å². The van der Waals surface area contributed by atoms with Gasteiger partial charge in [0.15, 0.2) is 5.84 Å². The Balaban J connectivity index is 2.18. The summed E-state index contributed by atoms with van der Waals surface area (Å²) in [5.41, 5.74) is 8.62.